The lowest BCUT2D eigenvalue weighted by molar-refractivity contribution is 0.0998. The predicted octanol–water partition coefficient (Wildman–Crippen LogP) is 2.40. The number of rotatable bonds is 4. The number of benzene rings is 2. The summed E-state index contributed by atoms with van der Waals surface area (Å²) in [7, 11) is -3.42. The number of amides is 2. The molecule has 0 aromatic heterocycles. The largest absolute Gasteiger partial charge is 0.366 e. The molecule has 2 aromatic carbocycles. The number of hydrogen-bond acceptors (Lipinski definition) is 4. The molecule has 126 valence electrons. The third-order valence-corrected chi connectivity index (χ3v) is 4.80. The number of nitrogens with two attached hydrogens (primary N) is 1. The summed E-state index contributed by atoms with van der Waals surface area (Å²) in [5.41, 5.74) is 6.52. The van der Waals surface area contributed by atoms with Crippen molar-refractivity contribution in [2.24, 2.45) is 5.73 Å². The maximum atomic E-state index is 12.4. The molecule has 0 saturated heterocycles. The molecule has 0 aliphatic carbocycles. The van der Waals surface area contributed by atoms with Gasteiger partial charge in [0.25, 0.3) is 5.91 Å². The first kappa shape index (κ1) is 18.0. The van der Waals surface area contributed by atoms with E-state index in [0.29, 0.717) is 11.3 Å². The van der Waals surface area contributed by atoms with Crippen molar-refractivity contribution in [3.63, 3.8) is 0 Å². The summed E-state index contributed by atoms with van der Waals surface area (Å²) in [6.45, 7) is 1.70. The van der Waals surface area contributed by atoms with Gasteiger partial charge in [0.15, 0.2) is 9.84 Å². The highest BCUT2D eigenvalue weighted by Crippen LogP contribution is 2.22. The molecule has 0 radical (unpaired) electrons. The summed E-state index contributed by atoms with van der Waals surface area (Å²) in [6.07, 6.45) is 1.07. The number of aryl methyl sites for hydroxylation is 1. The molecule has 0 bridgehead atoms. The van der Waals surface area contributed by atoms with E-state index in [1.54, 1.807) is 13.0 Å². The van der Waals surface area contributed by atoms with Crippen molar-refractivity contribution in [3.05, 3.63) is 58.1 Å². The molecule has 0 atom stereocenters. The summed E-state index contributed by atoms with van der Waals surface area (Å²) in [6, 6.07) is 8.61. The Morgan fingerprint density at radius 2 is 1.75 bits per heavy atom. The lowest BCUT2D eigenvalue weighted by Gasteiger charge is -2.10. The van der Waals surface area contributed by atoms with Crippen LogP contribution in [0.1, 0.15) is 26.3 Å². The average Bonchev–Trinajstić information content (AvgIpc) is 2.45. The van der Waals surface area contributed by atoms with E-state index in [-0.39, 0.29) is 21.0 Å². The Morgan fingerprint density at radius 1 is 1.08 bits per heavy atom. The van der Waals surface area contributed by atoms with E-state index < -0.39 is 21.7 Å². The van der Waals surface area contributed by atoms with Crippen LogP contribution in [0.25, 0.3) is 0 Å². The molecule has 0 saturated carbocycles. The maximum Gasteiger partial charge on any atom is 0.255 e. The van der Waals surface area contributed by atoms with Gasteiger partial charge in [-0.15, -0.1) is 0 Å². The summed E-state index contributed by atoms with van der Waals surface area (Å²) in [4.78, 5) is 23.6. The molecule has 0 aliphatic heterocycles. The van der Waals surface area contributed by atoms with Gasteiger partial charge in [-0.25, -0.2) is 8.42 Å². The van der Waals surface area contributed by atoms with E-state index in [0.717, 1.165) is 6.26 Å². The summed E-state index contributed by atoms with van der Waals surface area (Å²) in [5, 5.41) is 2.73. The first-order valence-electron chi connectivity index (χ1n) is 6.81. The first-order chi connectivity index (χ1) is 11.1. The number of primary amides is 1. The number of nitrogens with one attached hydrogen (secondary N) is 1. The zero-order valence-corrected chi connectivity index (χ0v) is 14.5. The van der Waals surface area contributed by atoms with Crippen LogP contribution in [0, 0.1) is 6.92 Å². The Morgan fingerprint density at radius 3 is 2.29 bits per heavy atom. The normalized spacial score (nSPS) is 11.1. The molecule has 0 spiro atoms. The SMILES string of the molecule is Cc1ccc(S(C)(=O)=O)cc1C(=O)Nc1ccc(C(N)=O)c(Cl)c1. The number of carbonyl (C=O) groups excluding carboxylic acids is 2. The number of anilines is 1. The topological polar surface area (TPSA) is 106 Å². The highest BCUT2D eigenvalue weighted by molar-refractivity contribution is 7.90. The smallest absolute Gasteiger partial charge is 0.255 e. The van der Waals surface area contributed by atoms with Crippen LogP contribution >= 0.6 is 11.6 Å². The van der Waals surface area contributed by atoms with Crippen molar-refractivity contribution in [3.8, 4) is 0 Å². The zero-order chi connectivity index (χ0) is 18.1. The minimum atomic E-state index is -3.42. The van der Waals surface area contributed by atoms with Gasteiger partial charge in [0, 0.05) is 17.5 Å². The van der Waals surface area contributed by atoms with Crippen LogP contribution in [-0.4, -0.2) is 26.5 Å². The fraction of sp³-hybridized carbons (Fsp3) is 0.125. The number of sulfone groups is 1. The molecule has 0 heterocycles. The molecule has 0 aliphatic rings. The molecule has 8 heteroatoms. The van der Waals surface area contributed by atoms with E-state index in [4.69, 9.17) is 17.3 Å². The van der Waals surface area contributed by atoms with Gasteiger partial charge in [0.1, 0.15) is 0 Å². The van der Waals surface area contributed by atoms with Crippen molar-refractivity contribution >= 4 is 38.9 Å². The number of carbonyl (C=O) groups is 2. The van der Waals surface area contributed by atoms with Gasteiger partial charge in [-0.1, -0.05) is 17.7 Å². The lowest BCUT2D eigenvalue weighted by Crippen LogP contribution is -2.15. The summed E-state index contributed by atoms with van der Waals surface area (Å²) >= 11 is 5.94. The van der Waals surface area contributed by atoms with E-state index >= 15 is 0 Å². The van der Waals surface area contributed by atoms with Crippen molar-refractivity contribution in [1.82, 2.24) is 0 Å². The Labute approximate surface area is 144 Å². The second-order valence-electron chi connectivity index (χ2n) is 5.26. The molecule has 6 nitrogen and oxygen atoms in total. The molecular weight excluding hydrogens is 352 g/mol. The predicted molar refractivity (Wildman–Crippen MR) is 92.2 cm³/mol. The van der Waals surface area contributed by atoms with Crippen LogP contribution in [0.3, 0.4) is 0 Å². The highest BCUT2D eigenvalue weighted by atomic mass is 35.5. The standard InChI is InChI=1S/C16H15ClN2O4S/c1-9-3-5-11(24(2,22)23)8-13(9)16(21)19-10-4-6-12(15(18)20)14(17)7-10/h3-8H,1-2H3,(H2,18,20)(H,19,21). The molecule has 0 fully saturated rings. The van der Waals surface area contributed by atoms with Gasteiger partial charge in [-0.2, -0.15) is 0 Å². The molecule has 2 aromatic rings. The van der Waals surface area contributed by atoms with Crippen molar-refractivity contribution in [2.75, 3.05) is 11.6 Å². The van der Waals surface area contributed by atoms with Gasteiger partial charge >= 0.3 is 0 Å². The van der Waals surface area contributed by atoms with Gasteiger partial charge < -0.3 is 11.1 Å². The molecule has 0 unspecified atom stereocenters. The van der Waals surface area contributed by atoms with Crippen molar-refractivity contribution in [1.29, 1.82) is 0 Å². The fourth-order valence-corrected chi connectivity index (χ4v) is 2.99. The van der Waals surface area contributed by atoms with Crippen LogP contribution in [0.4, 0.5) is 5.69 Å². The Kier molecular flexibility index (Phi) is 4.96. The van der Waals surface area contributed by atoms with E-state index in [9.17, 15) is 18.0 Å². The van der Waals surface area contributed by atoms with Gasteiger partial charge in [0.05, 0.1) is 15.5 Å². The van der Waals surface area contributed by atoms with E-state index in [2.05, 4.69) is 5.32 Å². The Bertz CT molecular complexity index is 939. The van der Waals surface area contributed by atoms with E-state index in [1.807, 2.05) is 0 Å². The van der Waals surface area contributed by atoms with Gasteiger partial charge in [0.2, 0.25) is 5.91 Å². The Hall–Kier alpha value is -2.38. The lowest BCUT2D eigenvalue weighted by atomic mass is 10.1. The zero-order valence-electron chi connectivity index (χ0n) is 13.0. The van der Waals surface area contributed by atoms with Crippen LogP contribution in [-0.2, 0) is 9.84 Å². The van der Waals surface area contributed by atoms with Crippen LogP contribution in [0.5, 0.6) is 0 Å². The van der Waals surface area contributed by atoms with Crippen LogP contribution < -0.4 is 11.1 Å². The van der Waals surface area contributed by atoms with Gasteiger partial charge in [-0.3, -0.25) is 9.59 Å². The first-order valence-corrected chi connectivity index (χ1v) is 9.08. The molecule has 24 heavy (non-hydrogen) atoms. The maximum absolute atomic E-state index is 12.4. The summed E-state index contributed by atoms with van der Waals surface area (Å²) in [5.74, 6) is -1.16. The third kappa shape index (κ3) is 3.93. The Balaban J connectivity index is 2.34. The highest BCUT2D eigenvalue weighted by Gasteiger charge is 2.15. The molecule has 2 amide bonds. The second-order valence-corrected chi connectivity index (χ2v) is 7.68. The quantitative estimate of drug-likeness (QED) is 0.866. The molecule has 3 N–H and O–H groups in total. The number of halogens is 1. The number of hydrogen-bond donors (Lipinski definition) is 2. The minimum absolute atomic E-state index is 0.0559. The van der Waals surface area contributed by atoms with Crippen LogP contribution in [0.15, 0.2) is 41.3 Å². The summed E-state index contributed by atoms with van der Waals surface area (Å²) < 4.78 is 23.3. The average molecular weight is 367 g/mol. The minimum Gasteiger partial charge on any atom is -0.366 e. The van der Waals surface area contributed by atoms with E-state index in [1.165, 1.54) is 30.3 Å². The fourth-order valence-electron chi connectivity index (χ4n) is 2.07. The van der Waals surface area contributed by atoms with Gasteiger partial charge in [-0.05, 0) is 42.8 Å². The van der Waals surface area contributed by atoms with Crippen molar-refractivity contribution < 1.29 is 18.0 Å². The molecule has 2 rings (SSSR count). The van der Waals surface area contributed by atoms with Crippen molar-refractivity contribution in [2.45, 2.75) is 11.8 Å². The second kappa shape index (κ2) is 6.62. The molecular formula is C16H15ClN2O4S. The third-order valence-electron chi connectivity index (χ3n) is 3.37. The van der Waals surface area contributed by atoms with Crippen LogP contribution in [0.2, 0.25) is 5.02 Å². The monoisotopic (exact) mass is 366 g/mol.